The Morgan fingerprint density at radius 2 is 1.83 bits per heavy atom. The molecule has 4 heterocycles. The normalized spacial score (nSPS) is 15.2. The summed E-state index contributed by atoms with van der Waals surface area (Å²) in [6.45, 7) is 2.70. The van der Waals surface area contributed by atoms with Gasteiger partial charge in [-0.15, -0.1) is 0 Å². The second kappa shape index (κ2) is 9.34. The maximum atomic E-state index is 12.2. The molecule has 1 amide bonds. The molecule has 0 spiro atoms. The van der Waals surface area contributed by atoms with Gasteiger partial charge in [-0.3, -0.25) is 19.7 Å². The number of nitrogens with zero attached hydrogens (tertiary/aromatic N) is 5. The number of carbonyl (C=O) groups excluding carboxylic acids is 1. The summed E-state index contributed by atoms with van der Waals surface area (Å²) in [4.78, 5) is 31.4. The topological polar surface area (TPSA) is 83.9 Å². The van der Waals surface area contributed by atoms with Gasteiger partial charge in [0, 0.05) is 47.5 Å². The van der Waals surface area contributed by atoms with Crippen molar-refractivity contribution in [3.8, 4) is 11.1 Å². The third-order valence-corrected chi connectivity index (χ3v) is 5.25. The van der Waals surface area contributed by atoms with E-state index < -0.39 is 0 Å². The summed E-state index contributed by atoms with van der Waals surface area (Å²) >= 11 is 0. The SMILES string of the molecule is O=C(CN1CCC(c2ccc(-c3cncnc3)cn2)CC1)NCc1ccccn1. The van der Waals surface area contributed by atoms with E-state index in [1.165, 1.54) is 6.33 Å². The van der Waals surface area contributed by atoms with Gasteiger partial charge in [0.05, 0.1) is 18.8 Å². The van der Waals surface area contributed by atoms with Crippen LogP contribution in [-0.4, -0.2) is 50.4 Å². The molecule has 7 nitrogen and oxygen atoms in total. The molecular formula is C22H24N6O. The highest BCUT2D eigenvalue weighted by atomic mass is 16.2. The van der Waals surface area contributed by atoms with Crippen molar-refractivity contribution in [3.63, 3.8) is 0 Å². The molecule has 0 unspecified atom stereocenters. The Morgan fingerprint density at radius 1 is 1.00 bits per heavy atom. The highest BCUT2D eigenvalue weighted by Crippen LogP contribution is 2.27. The molecule has 0 aromatic carbocycles. The minimum absolute atomic E-state index is 0.0432. The molecule has 4 rings (SSSR count). The van der Waals surface area contributed by atoms with Crippen LogP contribution in [-0.2, 0) is 11.3 Å². The molecule has 148 valence electrons. The van der Waals surface area contributed by atoms with Gasteiger partial charge in [-0.25, -0.2) is 9.97 Å². The molecule has 1 aliphatic heterocycles. The first-order valence-electron chi connectivity index (χ1n) is 9.88. The number of hydrogen-bond acceptors (Lipinski definition) is 6. The van der Waals surface area contributed by atoms with Crippen molar-refractivity contribution in [2.24, 2.45) is 0 Å². The number of rotatable bonds is 6. The second-order valence-corrected chi connectivity index (χ2v) is 7.25. The van der Waals surface area contributed by atoms with Crippen molar-refractivity contribution < 1.29 is 4.79 Å². The molecule has 0 atom stereocenters. The van der Waals surface area contributed by atoms with E-state index in [0.717, 1.165) is 48.4 Å². The zero-order valence-electron chi connectivity index (χ0n) is 16.2. The molecule has 1 N–H and O–H groups in total. The van der Waals surface area contributed by atoms with Crippen LogP contribution in [0.5, 0.6) is 0 Å². The quantitative estimate of drug-likeness (QED) is 0.698. The van der Waals surface area contributed by atoms with E-state index in [1.807, 2.05) is 24.4 Å². The second-order valence-electron chi connectivity index (χ2n) is 7.25. The number of nitrogens with one attached hydrogen (secondary N) is 1. The summed E-state index contributed by atoms with van der Waals surface area (Å²) in [5.74, 6) is 0.477. The van der Waals surface area contributed by atoms with Gasteiger partial charge in [-0.1, -0.05) is 12.1 Å². The minimum atomic E-state index is 0.0432. The first kappa shape index (κ1) is 19.1. The van der Waals surface area contributed by atoms with E-state index in [9.17, 15) is 4.79 Å². The van der Waals surface area contributed by atoms with Crippen molar-refractivity contribution in [1.29, 1.82) is 0 Å². The fourth-order valence-corrected chi connectivity index (χ4v) is 3.60. The lowest BCUT2D eigenvalue weighted by Gasteiger charge is -2.31. The van der Waals surface area contributed by atoms with Crippen molar-refractivity contribution in [2.75, 3.05) is 19.6 Å². The van der Waals surface area contributed by atoms with E-state index in [1.54, 1.807) is 18.6 Å². The van der Waals surface area contributed by atoms with Crippen LogP contribution in [0.3, 0.4) is 0 Å². The molecule has 0 aliphatic carbocycles. The maximum Gasteiger partial charge on any atom is 0.234 e. The average Bonchev–Trinajstić information content (AvgIpc) is 2.80. The maximum absolute atomic E-state index is 12.2. The number of hydrogen-bond donors (Lipinski definition) is 1. The number of piperidine rings is 1. The Balaban J connectivity index is 1.24. The fraction of sp³-hybridized carbons (Fsp3) is 0.318. The lowest BCUT2D eigenvalue weighted by molar-refractivity contribution is -0.122. The van der Waals surface area contributed by atoms with Gasteiger partial charge in [-0.2, -0.15) is 0 Å². The summed E-state index contributed by atoms with van der Waals surface area (Å²) in [5, 5.41) is 2.95. The molecule has 0 saturated carbocycles. The number of aromatic nitrogens is 4. The van der Waals surface area contributed by atoms with E-state index in [2.05, 4.69) is 42.3 Å². The molecule has 29 heavy (non-hydrogen) atoms. The third kappa shape index (κ3) is 5.20. The van der Waals surface area contributed by atoms with Crippen molar-refractivity contribution in [2.45, 2.75) is 25.3 Å². The number of pyridine rings is 2. The third-order valence-electron chi connectivity index (χ3n) is 5.25. The number of amides is 1. The molecule has 7 heteroatoms. The van der Waals surface area contributed by atoms with E-state index in [4.69, 9.17) is 0 Å². The summed E-state index contributed by atoms with van der Waals surface area (Å²) in [5.41, 5.74) is 3.98. The Kier molecular flexibility index (Phi) is 6.16. The standard InChI is InChI=1S/C22H24N6O/c29-22(27-14-20-3-1-2-8-25-20)15-28-9-6-17(7-10-28)21-5-4-18(13-26-21)19-11-23-16-24-12-19/h1-5,8,11-13,16-17H,6-7,9-10,14-15H2,(H,27,29). The molecule has 3 aromatic heterocycles. The van der Waals surface area contributed by atoms with Gasteiger partial charge < -0.3 is 5.32 Å². The largest absolute Gasteiger partial charge is 0.349 e. The van der Waals surface area contributed by atoms with Crippen molar-refractivity contribution >= 4 is 5.91 Å². The number of carbonyl (C=O) groups is 1. The fourth-order valence-electron chi connectivity index (χ4n) is 3.60. The Morgan fingerprint density at radius 3 is 2.52 bits per heavy atom. The summed E-state index contributed by atoms with van der Waals surface area (Å²) in [6, 6.07) is 9.89. The minimum Gasteiger partial charge on any atom is -0.349 e. The Labute approximate surface area is 170 Å². The van der Waals surface area contributed by atoms with Crippen LogP contribution >= 0.6 is 0 Å². The van der Waals surface area contributed by atoms with Gasteiger partial charge in [0.1, 0.15) is 6.33 Å². The van der Waals surface area contributed by atoms with Gasteiger partial charge >= 0.3 is 0 Å². The average molecular weight is 388 g/mol. The first-order chi connectivity index (χ1) is 14.3. The molecule has 0 bridgehead atoms. The smallest absolute Gasteiger partial charge is 0.234 e. The van der Waals surface area contributed by atoms with Crippen LogP contribution in [0.1, 0.15) is 30.1 Å². The summed E-state index contributed by atoms with van der Waals surface area (Å²) in [6.07, 6.45) is 10.8. The monoisotopic (exact) mass is 388 g/mol. The lowest BCUT2D eigenvalue weighted by atomic mass is 9.92. The molecule has 0 radical (unpaired) electrons. The molecule has 1 fully saturated rings. The predicted octanol–water partition coefficient (Wildman–Crippen LogP) is 2.43. The van der Waals surface area contributed by atoms with Crippen LogP contribution in [0.25, 0.3) is 11.1 Å². The molecule has 3 aromatic rings. The zero-order valence-corrected chi connectivity index (χ0v) is 16.2. The summed E-state index contributed by atoms with van der Waals surface area (Å²) < 4.78 is 0. The molecule has 1 aliphatic rings. The van der Waals surface area contributed by atoms with Crippen LogP contribution < -0.4 is 5.32 Å². The van der Waals surface area contributed by atoms with E-state index in [-0.39, 0.29) is 5.91 Å². The Hall–Kier alpha value is -3.19. The van der Waals surface area contributed by atoms with Crippen LogP contribution in [0.2, 0.25) is 0 Å². The lowest BCUT2D eigenvalue weighted by Crippen LogP contribution is -2.41. The Bertz CT molecular complexity index is 909. The van der Waals surface area contributed by atoms with Gasteiger partial charge in [0.15, 0.2) is 0 Å². The summed E-state index contributed by atoms with van der Waals surface area (Å²) in [7, 11) is 0. The molecule has 1 saturated heterocycles. The predicted molar refractivity (Wildman–Crippen MR) is 110 cm³/mol. The van der Waals surface area contributed by atoms with E-state index in [0.29, 0.717) is 19.0 Å². The van der Waals surface area contributed by atoms with Crippen molar-refractivity contribution in [3.05, 3.63) is 72.8 Å². The zero-order chi connectivity index (χ0) is 19.9. The van der Waals surface area contributed by atoms with Crippen LogP contribution in [0, 0.1) is 0 Å². The highest BCUT2D eigenvalue weighted by molar-refractivity contribution is 5.77. The molecular weight excluding hydrogens is 364 g/mol. The highest BCUT2D eigenvalue weighted by Gasteiger charge is 2.22. The van der Waals surface area contributed by atoms with Crippen molar-refractivity contribution in [1.82, 2.24) is 30.2 Å². The van der Waals surface area contributed by atoms with Crippen LogP contribution in [0.4, 0.5) is 0 Å². The first-order valence-corrected chi connectivity index (χ1v) is 9.88. The number of likely N-dealkylation sites (tertiary alicyclic amines) is 1. The van der Waals surface area contributed by atoms with Crippen LogP contribution in [0.15, 0.2) is 61.4 Å². The van der Waals surface area contributed by atoms with Gasteiger partial charge in [-0.05, 0) is 44.1 Å². The van der Waals surface area contributed by atoms with Gasteiger partial charge in [0.2, 0.25) is 5.91 Å². The van der Waals surface area contributed by atoms with E-state index >= 15 is 0 Å². The van der Waals surface area contributed by atoms with Gasteiger partial charge in [0.25, 0.3) is 0 Å².